The van der Waals surface area contributed by atoms with Gasteiger partial charge in [-0.1, -0.05) is 36.0 Å². The molecule has 0 saturated carbocycles. The Kier molecular flexibility index (Phi) is 5.28. The van der Waals surface area contributed by atoms with Crippen LogP contribution < -0.4 is 4.74 Å². The van der Waals surface area contributed by atoms with Crippen molar-refractivity contribution in [2.24, 2.45) is 0 Å². The number of nitrogens with zero attached hydrogens (tertiary/aromatic N) is 2. The number of H-pyrrole nitrogens is 1. The second kappa shape index (κ2) is 7.61. The molecule has 0 unspecified atom stereocenters. The number of aryl methyl sites for hydroxylation is 1. The number of carbonyl (C=O) groups excluding carboxylic acids is 1. The molecule has 3 rings (SSSR count). The summed E-state index contributed by atoms with van der Waals surface area (Å²) in [6.45, 7) is 2.56. The van der Waals surface area contributed by atoms with Crippen molar-refractivity contribution in [3.05, 3.63) is 53.6 Å². The van der Waals surface area contributed by atoms with Gasteiger partial charge in [-0.3, -0.25) is 4.79 Å². The van der Waals surface area contributed by atoms with E-state index >= 15 is 0 Å². The number of carbonyl (C=O) groups is 1. The van der Waals surface area contributed by atoms with Crippen LogP contribution in [-0.2, 0) is 11.3 Å². The number of rotatable bonds is 6. The van der Waals surface area contributed by atoms with Crippen molar-refractivity contribution in [1.82, 2.24) is 14.9 Å². The highest BCUT2D eigenvalue weighted by Crippen LogP contribution is 2.22. The molecule has 0 fully saturated rings. The molecule has 1 heterocycles. The minimum absolute atomic E-state index is 0.0487. The Hall–Kier alpha value is -2.47. The molecule has 0 atom stereocenters. The van der Waals surface area contributed by atoms with E-state index in [1.807, 2.05) is 43.3 Å². The molecule has 6 heteroatoms. The maximum Gasteiger partial charge on any atom is 0.233 e. The Morgan fingerprint density at radius 1 is 1.28 bits per heavy atom. The molecule has 5 nitrogen and oxygen atoms in total. The van der Waals surface area contributed by atoms with Crippen LogP contribution in [0.3, 0.4) is 0 Å². The molecule has 0 saturated heterocycles. The zero-order valence-corrected chi connectivity index (χ0v) is 15.4. The summed E-state index contributed by atoms with van der Waals surface area (Å²) in [6, 6.07) is 13.8. The minimum Gasteiger partial charge on any atom is -0.496 e. The lowest BCUT2D eigenvalue weighted by Gasteiger charge is -2.18. The standard InChI is InChI=1S/C19H21N3O2S/c1-13-8-9-15-16(10-13)21-19(20-15)25-12-18(23)22(2)11-14-6-4-5-7-17(14)24-3/h4-10H,11-12H2,1-3H3,(H,20,21). The van der Waals surface area contributed by atoms with E-state index in [2.05, 4.69) is 16.0 Å². The fraction of sp³-hybridized carbons (Fsp3) is 0.263. The first-order chi connectivity index (χ1) is 12.1. The van der Waals surface area contributed by atoms with Crippen molar-refractivity contribution in [1.29, 1.82) is 0 Å². The molecule has 3 aromatic rings. The lowest BCUT2D eigenvalue weighted by molar-refractivity contribution is -0.127. The number of amides is 1. The van der Waals surface area contributed by atoms with E-state index in [0.29, 0.717) is 12.3 Å². The normalized spacial score (nSPS) is 10.8. The molecular weight excluding hydrogens is 334 g/mol. The molecule has 0 spiro atoms. The number of thioether (sulfide) groups is 1. The average molecular weight is 355 g/mol. The Morgan fingerprint density at radius 3 is 2.88 bits per heavy atom. The van der Waals surface area contributed by atoms with Gasteiger partial charge in [-0.05, 0) is 30.7 Å². The first-order valence-electron chi connectivity index (χ1n) is 8.02. The number of methoxy groups -OCH3 is 1. The second-order valence-corrected chi connectivity index (χ2v) is 6.88. The summed E-state index contributed by atoms with van der Waals surface area (Å²) in [5.41, 5.74) is 4.09. The molecule has 1 amide bonds. The zero-order chi connectivity index (χ0) is 17.8. The van der Waals surface area contributed by atoms with Gasteiger partial charge in [0, 0.05) is 19.2 Å². The van der Waals surface area contributed by atoms with Crippen molar-refractivity contribution in [2.75, 3.05) is 19.9 Å². The Labute approximate surface area is 151 Å². The number of nitrogens with one attached hydrogen (secondary N) is 1. The second-order valence-electron chi connectivity index (χ2n) is 5.91. The molecular formula is C19H21N3O2S. The van der Waals surface area contributed by atoms with Gasteiger partial charge in [-0.2, -0.15) is 0 Å². The van der Waals surface area contributed by atoms with Gasteiger partial charge in [0.25, 0.3) is 0 Å². The van der Waals surface area contributed by atoms with E-state index in [9.17, 15) is 4.79 Å². The van der Waals surface area contributed by atoms with E-state index in [1.165, 1.54) is 17.3 Å². The van der Waals surface area contributed by atoms with Gasteiger partial charge in [-0.25, -0.2) is 4.98 Å². The highest BCUT2D eigenvalue weighted by atomic mass is 32.2. The number of imidazole rings is 1. The van der Waals surface area contributed by atoms with Gasteiger partial charge in [0.05, 0.1) is 23.9 Å². The van der Waals surface area contributed by atoms with Crippen molar-refractivity contribution in [3.8, 4) is 5.75 Å². The third-order valence-corrected chi connectivity index (χ3v) is 4.83. The summed E-state index contributed by atoms with van der Waals surface area (Å²) in [5.74, 6) is 1.18. The number of fused-ring (bicyclic) bond motifs is 1. The molecule has 0 aliphatic carbocycles. The quantitative estimate of drug-likeness (QED) is 0.686. The minimum atomic E-state index is 0.0487. The summed E-state index contributed by atoms with van der Waals surface area (Å²) in [7, 11) is 3.44. The molecule has 2 aromatic carbocycles. The zero-order valence-electron chi connectivity index (χ0n) is 14.6. The third-order valence-electron chi connectivity index (χ3n) is 3.97. The first-order valence-corrected chi connectivity index (χ1v) is 9.00. The number of hydrogen-bond acceptors (Lipinski definition) is 4. The lowest BCUT2D eigenvalue weighted by atomic mass is 10.2. The lowest BCUT2D eigenvalue weighted by Crippen LogP contribution is -2.28. The largest absolute Gasteiger partial charge is 0.496 e. The summed E-state index contributed by atoms with van der Waals surface area (Å²) < 4.78 is 5.34. The molecule has 130 valence electrons. The number of aromatic amines is 1. The number of aromatic nitrogens is 2. The Balaban J connectivity index is 1.61. The smallest absolute Gasteiger partial charge is 0.233 e. The topological polar surface area (TPSA) is 58.2 Å². The maximum absolute atomic E-state index is 12.4. The van der Waals surface area contributed by atoms with E-state index in [1.54, 1.807) is 19.1 Å². The van der Waals surface area contributed by atoms with Crippen molar-refractivity contribution >= 4 is 28.7 Å². The van der Waals surface area contributed by atoms with Crippen LogP contribution in [0, 0.1) is 6.92 Å². The van der Waals surface area contributed by atoms with E-state index in [0.717, 1.165) is 27.5 Å². The Morgan fingerprint density at radius 2 is 2.08 bits per heavy atom. The van der Waals surface area contributed by atoms with Gasteiger partial charge >= 0.3 is 0 Å². The number of ether oxygens (including phenoxy) is 1. The third kappa shape index (κ3) is 4.14. The van der Waals surface area contributed by atoms with Crippen LogP contribution in [0.5, 0.6) is 5.75 Å². The van der Waals surface area contributed by atoms with Crippen LogP contribution in [0.4, 0.5) is 0 Å². The van der Waals surface area contributed by atoms with Crippen LogP contribution in [0.25, 0.3) is 11.0 Å². The molecule has 25 heavy (non-hydrogen) atoms. The van der Waals surface area contributed by atoms with Crippen molar-refractivity contribution < 1.29 is 9.53 Å². The van der Waals surface area contributed by atoms with E-state index in [4.69, 9.17) is 4.74 Å². The van der Waals surface area contributed by atoms with Crippen LogP contribution in [0.15, 0.2) is 47.6 Å². The van der Waals surface area contributed by atoms with Gasteiger partial charge in [0.1, 0.15) is 5.75 Å². The Bertz CT molecular complexity index is 891. The predicted molar refractivity (Wildman–Crippen MR) is 101 cm³/mol. The van der Waals surface area contributed by atoms with Crippen LogP contribution in [0.2, 0.25) is 0 Å². The van der Waals surface area contributed by atoms with Crippen LogP contribution in [-0.4, -0.2) is 40.7 Å². The fourth-order valence-corrected chi connectivity index (χ4v) is 3.41. The number of benzene rings is 2. The molecule has 0 bridgehead atoms. The van der Waals surface area contributed by atoms with Crippen LogP contribution in [0.1, 0.15) is 11.1 Å². The van der Waals surface area contributed by atoms with Gasteiger partial charge < -0.3 is 14.6 Å². The van der Waals surface area contributed by atoms with Crippen molar-refractivity contribution in [3.63, 3.8) is 0 Å². The molecule has 0 aliphatic rings. The summed E-state index contributed by atoms with van der Waals surface area (Å²) in [6.07, 6.45) is 0. The highest BCUT2D eigenvalue weighted by molar-refractivity contribution is 7.99. The first kappa shape index (κ1) is 17.4. The predicted octanol–water partition coefficient (Wildman–Crippen LogP) is 3.63. The van der Waals surface area contributed by atoms with Crippen LogP contribution >= 0.6 is 11.8 Å². The van der Waals surface area contributed by atoms with Gasteiger partial charge in [0.15, 0.2) is 5.16 Å². The maximum atomic E-state index is 12.4. The van der Waals surface area contributed by atoms with E-state index < -0.39 is 0 Å². The monoisotopic (exact) mass is 355 g/mol. The summed E-state index contributed by atoms with van der Waals surface area (Å²) >= 11 is 1.42. The van der Waals surface area contributed by atoms with Crippen molar-refractivity contribution in [2.45, 2.75) is 18.6 Å². The summed E-state index contributed by atoms with van der Waals surface area (Å²) in [4.78, 5) is 21.9. The van der Waals surface area contributed by atoms with E-state index in [-0.39, 0.29) is 5.91 Å². The molecule has 1 N–H and O–H groups in total. The summed E-state index contributed by atoms with van der Waals surface area (Å²) in [5, 5.41) is 0.764. The molecule has 1 aromatic heterocycles. The molecule has 0 radical (unpaired) electrons. The fourth-order valence-electron chi connectivity index (χ4n) is 2.59. The number of hydrogen-bond donors (Lipinski definition) is 1. The number of para-hydroxylation sites is 1. The SMILES string of the molecule is COc1ccccc1CN(C)C(=O)CSc1nc2ccc(C)cc2[nH]1. The highest BCUT2D eigenvalue weighted by Gasteiger charge is 2.13. The molecule has 0 aliphatic heterocycles. The van der Waals surface area contributed by atoms with Gasteiger partial charge in [0.2, 0.25) is 5.91 Å². The van der Waals surface area contributed by atoms with Gasteiger partial charge in [-0.15, -0.1) is 0 Å². The average Bonchev–Trinajstić information content (AvgIpc) is 3.02.